The first-order chi connectivity index (χ1) is 12.0. The molecule has 0 aliphatic carbocycles. The number of hydrogen-bond acceptors (Lipinski definition) is 5. The maximum Gasteiger partial charge on any atom is 0.323 e. The number of carbonyl (C=O) groups is 1. The Morgan fingerprint density at radius 3 is 2.56 bits per heavy atom. The summed E-state index contributed by atoms with van der Waals surface area (Å²) in [6, 6.07) is 3.38. The summed E-state index contributed by atoms with van der Waals surface area (Å²) >= 11 is 0. The number of pyridine rings is 1. The third kappa shape index (κ3) is 3.49. The molecule has 0 atom stereocenters. The smallest absolute Gasteiger partial charge is 0.306 e. The first-order valence-corrected chi connectivity index (χ1v) is 7.90. The maximum absolute atomic E-state index is 12.3. The Bertz CT molecular complexity index is 864. The number of aryl methyl sites for hydroxylation is 1. The number of hydrogen-bond donors (Lipinski definition) is 2. The molecule has 3 rings (SSSR count). The number of rotatable bonds is 4. The van der Waals surface area contributed by atoms with Crippen molar-refractivity contribution >= 4 is 17.4 Å². The van der Waals surface area contributed by atoms with Crippen LogP contribution in [0.15, 0.2) is 31.0 Å². The Morgan fingerprint density at radius 2 is 2.00 bits per heavy atom. The standard InChI is InChI=1S/C16H20N8O/c1-10(2)24-12(4)15(11(3)22-24)21-16(25)20-13-5-6-14(18-7-13)23-9-17-8-19-23/h5-10H,1-4H3,(H2,20,21,25). The molecule has 0 aliphatic rings. The highest BCUT2D eigenvalue weighted by atomic mass is 16.2. The van der Waals surface area contributed by atoms with Crippen molar-refractivity contribution < 1.29 is 4.79 Å². The topological polar surface area (TPSA) is 103 Å². The van der Waals surface area contributed by atoms with Crippen molar-refractivity contribution in [2.45, 2.75) is 33.7 Å². The molecule has 0 bridgehead atoms. The SMILES string of the molecule is Cc1nn(C(C)C)c(C)c1NC(=O)Nc1ccc(-n2cncn2)nc1. The molecule has 0 spiro atoms. The lowest BCUT2D eigenvalue weighted by Gasteiger charge is -2.10. The lowest BCUT2D eigenvalue weighted by Crippen LogP contribution is -2.20. The first kappa shape index (κ1) is 16.6. The van der Waals surface area contributed by atoms with Gasteiger partial charge in [0.15, 0.2) is 5.82 Å². The molecule has 0 unspecified atom stereocenters. The second kappa shape index (κ2) is 6.71. The van der Waals surface area contributed by atoms with E-state index in [4.69, 9.17) is 0 Å². The Hall–Kier alpha value is -3.23. The predicted octanol–water partition coefficient (Wildman–Crippen LogP) is 2.70. The summed E-state index contributed by atoms with van der Waals surface area (Å²) in [6.45, 7) is 7.90. The van der Waals surface area contributed by atoms with Crippen LogP contribution < -0.4 is 10.6 Å². The molecule has 0 aromatic carbocycles. The largest absolute Gasteiger partial charge is 0.323 e. The van der Waals surface area contributed by atoms with Crippen molar-refractivity contribution in [1.82, 2.24) is 29.5 Å². The van der Waals surface area contributed by atoms with E-state index in [0.29, 0.717) is 11.5 Å². The number of nitrogens with zero attached hydrogens (tertiary/aromatic N) is 6. The van der Waals surface area contributed by atoms with E-state index in [1.54, 1.807) is 24.7 Å². The third-order valence-electron chi connectivity index (χ3n) is 3.71. The van der Waals surface area contributed by atoms with Crippen molar-refractivity contribution in [3.63, 3.8) is 0 Å². The normalized spacial score (nSPS) is 10.9. The summed E-state index contributed by atoms with van der Waals surface area (Å²) in [6.07, 6.45) is 4.55. The Morgan fingerprint density at radius 1 is 1.20 bits per heavy atom. The number of anilines is 2. The van der Waals surface area contributed by atoms with E-state index in [1.807, 2.05) is 32.4 Å². The fourth-order valence-corrected chi connectivity index (χ4v) is 2.54. The second-order valence-corrected chi connectivity index (χ2v) is 5.91. The predicted molar refractivity (Wildman–Crippen MR) is 93.9 cm³/mol. The van der Waals surface area contributed by atoms with Crippen LogP contribution in [0.3, 0.4) is 0 Å². The summed E-state index contributed by atoms with van der Waals surface area (Å²) in [4.78, 5) is 20.4. The highest BCUT2D eigenvalue weighted by Crippen LogP contribution is 2.22. The third-order valence-corrected chi connectivity index (χ3v) is 3.71. The van der Waals surface area contributed by atoms with Crippen molar-refractivity contribution in [3.05, 3.63) is 42.4 Å². The molecule has 130 valence electrons. The van der Waals surface area contributed by atoms with Gasteiger partial charge in [0.1, 0.15) is 12.7 Å². The summed E-state index contributed by atoms with van der Waals surface area (Å²) in [5.41, 5.74) is 3.00. The summed E-state index contributed by atoms with van der Waals surface area (Å²) in [5.74, 6) is 0.619. The number of aromatic nitrogens is 6. The van der Waals surface area contributed by atoms with E-state index >= 15 is 0 Å². The van der Waals surface area contributed by atoms with Gasteiger partial charge in [-0.3, -0.25) is 4.68 Å². The zero-order valence-electron chi connectivity index (χ0n) is 14.6. The van der Waals surface area contributed by atoms with Crippen molar-refractivity contribution in [1.29, 1.82) is 0 Å². The minimum absolute atomic E-state index is 0.228. The van der Waals surface area contributed by atoms with Gasteiger partial charge in [0, 0.05) is 6.04 Å². The molecule has 0 saturated carbocycles. The minimum Gasteiger partial charge on any atom is -0.306 e. The molecular weight excluding hydrogens is 320 g/mol. The summed E-state index contributed by atoms with van der Waals surface area (Å²) in [5, 5.41) is 14.1. The molecule has 2 amide bonds. The molecule has 0 saturated heterocycles. The molecule has 9 nitrogen and oxygen atoms in total. The van der Waals surface area contributed by atoms with Gasteiger partial charge in [0.05, 0.1) is 29.0 Å². The van der Waals surface area contributed by atoms with Gasteiger partial charge in [-0.25, -0.2) is 19.4 Å². The van der Waals surface area contributed by atoms with Gasteiger partial charge in [-0.2, -0.15) is 10.2 Å². The Kier molecular flexibility index (Phi) is 4.46. The molecular formula is C16H20N8O. The van der Waals surface area contributed by atoms with Crippen molar-refractivity contribution in [2.75, 3.05) is 10.6 Å². The van der Waals surface area contributed by atoms with Gasteiger partial charge in [0.2, 0.25) is 0 Å². The number of carbonyl (C=O) groups excluding carboxylic acids is 1. The van der Waals surface area contributed by atoms with Crippen LogP contribution in [-0.2, 0) is 0 Å². The monoisotopic (exact) mass is 340 g/mol. The fourth-order valence-electron chi connectivity index (χ4n) is 2.54. The molecule has 0 aliphatic heterocycles. The van der Waals surface area contributed by atoms with Crippen LogP contribution in [0.1, 0.15) is 31.3 Å². The van der Waals surface area contributed by atoms with Crippen LogP contribution in [0.25, 0.3) is 5.82 Å². The van der Waals surface area contributed by atoms with Gasteiger partial charge in [-0.15, -0.1) is 0 Å². The number of amides is 2. The van der Waals surface area contributed by atoms with E-state index in [2.05, 4.69) is 30.8 Å². The second-order valence-electron chi connectivity index (χ2n) is 5.91. The van der Waals surface area contributed by atoms with Crippen LogP contribution >= 0.6 is 0 Å². The van der Waals surface area contributed by atoms with Crippen molar-refractivity contribution in [2.24, 2.45) is 0 Å². The number of nitrogens with one attached hydrogen (secondary N) is 2. The minimum atomic E-state index is -0.343. The first-order valence-electron chi connectivity index (χ1n) is 7.90. The van der Waals surface area contributed by atoms with E-state index < -0.39 is 0 Å². The molecule has 3 aromatic heterocycles. The molecule has 0 radical (unpaired) electrons. The average molecular weight is 340 g/mol. The molecule has 3 heterocycles. The lowest BCUT2D eigenvalue weighted by molar-refractivity contribution is 0.262. The van der Waals surface area contributed by atoms with E-state index in [0.717, 1.165) is 17.1 Å². The molecule has 0 fully saturated rings. The Balaban J connectivity index is 1.69. The van der Waals surface area contributed by atoms with Gasteiger partial charge in [-0.05, 0) is 39.8 Å². The lowest BCUT2D eigenvalue weighted by atomic mass is 10.3. The maximum atomic E-state index is 12.3. The highest BCUT2D eigenvalue weighted by Gasteiger charge is 2.15. The van der Waals surface area contributed by atoms with E-state index in [1.165, 1.54) is 11.0 Å². The van der Waals surface area contributed by atoms with Crippen LogP contribution in [0.2, 0.25) is 0 Å². The van der Waals surface area contributed by atoms with Crippen molar-refractivity contribution in [3.8, 4) is 5.82 Å². The van der Waals surface area contributed by atoms with E-state index in [-0.39, 0.29) is 12.1 Å². The highest BCUT2D eigenvalue weighted by molar-refractivity contribution is 6.00. The number of urea groups is 1. The van der Waals surface area contributed by atoms with Gasteiger partial charge < -0.3 is 10.6 Å². The zero-order chi connectivity index (χ0) is 18.0. The summed E-state index contributed by atoms with van der Waals surface area (Å²) < 4.78 is 3.43. The van der Waals surface area contributed by atoms with Gasteiger partial charge >= 0.3 is 6.03 Å². The quantitative estimate of drug-likeness (QED) is 0.760. The molecule has 3 aromatic rings. The fraction of sp³-hybridized carbons (Fsp3) is 0.312. The zero-order valence-corrected chi connectivity index (χ0v) is 14.6. The Labute approximate surface area is 145 Å². The average Bonchev–Trinajstić information content (AvgIpc) is 3.20. The van der Waals surface area contributed by atoms with Crippen LogP contribution in [0.5, 0.6) is 0 Å². The van der Waals surface area contributed by atoms with Crippen LogP contribution in [0.4, 0.5) is 16.2 Å². The van der Waals surface area contributed by atoms with Gasteiger partial charge in [0.25, 0.3) is 0 Å². The van der Waals surface area contributed by atoms with Gasteiger partial charge in [-0.1, -0.05) is 0 Å². The van der Waals surface area contributed by atoms with E-state index in [9.17, 15) is 4.79 Å². The van der Waals surface area contributed by atoms with Crippen LogP contribution in [-0.4, -0.2) is 35.6 Å². The molecule has 25 heavy (non-hydrogen) atoms. The summed E-state index contributed by atoms with van der Waals surface area (Å²) in [7, 11) is 0. The van der Waals surface area contributed by atoms with Crippen LogP contribution in [0, 0.1) is 13.8 Å². The molecule has 2 N–H and O–H groups in total. The molecule has 9 heteroatoms.